The van der Waals surface area contributed by atoms with E-state index in [2.05, 4.69) is 27.5 Å². The van der Waals surface area contributed by atoms with E-state index in [0.717, 1.165) is 24.2 Å². The molecule has 8 heteroatoms. The molecule has 1 aliphatic carbocycles. The second kappa shape index (κ2) is 8.92. The molecule has 0 bridgehead atoms. The van der Waals surface area contributed by atoms with Crippen LogP contribution in [0, 0.1) is 5.82 Å². The van der Waals surface area contributed by atoms with Crippen LogP contribution >= 0.6 is 23.1 Å². The fourth-order valence-corrected chi connectivity index (χ4v) is 5.32. The van der Waals surface area contributed by atoms with Crippen LogP contribution in [0.2, 0.25) is 0 Å². The zero-order valence-electron chi connectivity index (χ0n) is 15.9. The summed E-state index contributed by atoms with van der Waals surface area (Å²) < 4.78 is 15.7. The Bertz CT molecular complexity index is 1040. The van der Waals surface area contributed by atoms with E-state index in [1.807, 2.05) is 4.57 Å². The number of nitrogens with one attached hydrogen (secondary N) is 1. The van der Waals surface area contributed by atoms with Crippen LogP contribution in [0.1, 0.15) is 23.3 Å². The number of thiophene rings is 1. The van der Waals surface area contributed by atoms with Crippen molar-refractivity contribution in [2.24, 2.45) is 0 Å². The number of aromatic nitrogens is 3. The minimum atomic E-state index is -0.454. The first kappa shape index (κ1) is 19.8. The molecular formula is C21H21FN4OS2. The Kier molecular flexibility index (Phi) is 6.10. The van der Waals surface area contributed by atoms with Gasteiger partial charge in [0.2, 0.25) is 5.91 Å². The molecule has 2 aromatic heterocycles. The van der Waals surface area contributed by atoms with Crippen LogP contribution in [0.15, 0.2) is 47.5 Å². The molecule has 150 valence electrons. The molecule has 4 rings (SSSR count). The van der Waals surface area contributed by atoms with Crippen LogP contribution in [0.3, 0.4) is 0 Å². The number of hydrogen-bond acceptors (Lipinski definition) is 5. The van der Waals surface area contributed by atoms with Crippen LogP contribution in [-0.4, -0.2) is 26.4 Å². The smallest absolute Gasteiger partial charge is 0.234 e. The predicted octanol–water partition coefficient (Wildman–Crippen LogP) is 4.94. The molecule has 2 heterocycles. The van der Waals surface area contributed by atoms with Crippen molar-refractivity contribution in [1.29, 1.82) is 0 Å². The molecule has 0 atom stereocenters. The molecule has 0 aliphatic heterocycles. The van der Waals surface area contributed by atoms with Gasteiger partial charge in [-0.25, -0.2) is 4.39 Å². The molecule has 3 aromatic rings. The third-order valence-electron chi connectivity index (χ3n) is 4.81. The van der Waals surface area contributed by atoms with Crippen LogP contribution in [0.4, 0.5) is 10.1 Å². The number of carbonyl (C=O) groups excluding carboxylic acids is 1. The zero-order valence-corrected chi connectivity index (χ0v) is 17.5. The van der Waals surface area contributed by atoms with Crippen LogP contribution < -0.4 is 5.32 Å². The lowest BCUT2D eigenvalue weighted by molar-refractivity contribution is -0.113. The van der Waals surface area contributed by atoms with Crippen molar-refractivity contribution < 1.29 is 9.18 Å². The minimum absolute atomic E-state index is 0.116. The fourth-order valence-electron chi connectivity index (χ4n) is 3.45. The van der Waals surface area contributed by atoms with E-state index < -0.39 is 5.82 Å². The lowest BCUT2D eigenvalue weighted by Crippen LogP contribution is -2.15. The Morgan fingerprint density at radius 1 is 1.31 bits per heavy atom. The minimum Gasteiger partial charge on any atom is -0.323 e. The summed E-state index contributed by atoms with van der Waals surface area (Å²) in [6.07, 6.45) is 6.44. The Hall–Kier alpha value is -2.45. The van der Waals surface area contributed by atoms with Crippen LogP contribution in [0.25, 0.3) is 11.4 Å². The maximum atomic E-state index is 13.7. The Morgan fingerprint density at radius 2 is 2.14 bits per heavy atom. The number of nitrogens with zero attached hydrogens (tertiary/aromatic N) is 3. The van der Waals surface area contributed by atoms with Gasteiger partial charge in [-0.2, -0.15) is 0 Å². The van der Waals surface area contributed by atoms with Gasteiger partial charge in [0.1, 0.15) is 5.82 Å². The first-order chi connectivity index (χ1) is 14.2. The highest BCUT2D eigenvalue weighted by molar-refractivity contribution is 7.99. The maximum absolute atomic E-state index is 13.7. The van der Waals surface area contributed by atoms with E-state index >= 15 is 0 Å². The Balaban J connectivity index is 1.51. The highest BCUT2D eigenvalue weighted by Crippen LogP contribution is 2.36. The largest absolute Gasteiger partial charge is 0.323 e. The SMILES string of the molecule is C=CCn1c(SCC(=O)Nc2ccccc2F)nnc1-c1csc2c1CCCC2. The number of aryl methyl sites for hydroxylation is 1. The molecule has 1 aromatic carbocycles. The summed E-state index contributed by atoms with van der Waals surface area (Å²) >= 11 is 3.08. The van der Waals surface area contributed by atoms with E-state index in [1.54, 1.807) is 29.5 Å². The number of para-hydroxylation sites is 1. The van der Waals surface area contributed by atoms with Crippen molar-refractivity contribution in [3.63, 3.8) is 0 Å². The number of allylic oxidation sites excluding steroid dienone is 1. The van der Waals surface area contributed by atoms with Crippen molar-refractivity contribution in [2.45, 2.75) is 37.4 Å². The lowest BCUT2D eigenvalue weighted by atomic mass is 9.95. The average molecular weight is 429 g/mol. The molecule has 0 saturated heterocycles. The van der Waals surface area contributed by atoms with Gasteiger partial charge in [0.15, 0.2) is 11.0 Å². The van der Waals surface area contributed by atoms with E-state index in [-0.39, 0.29) is 17.3 Å². The summed E-state index contributed by atoms with van der Waals surface area (Å²) in [6, 6.07) is 6.12. The molecule has 0 spiro atoms. The number of hydrogen-bond donors (Lipinski definition) is 1. The molecular weight excluding hydrogens is 407 g/mol. The summed E-state index contributed by atoms with van der Waals surface area (Å²) in [5, 5.41) is 14.1. The summed E-state index contributed by atoms with van der Waals surface area (Å²) in [6.45, 7) is 4.40. The van der Waals surface area contributed by atoms with Gasteiger partial charge >= 0.3 is 0 Å². The van der Waals surface area contributed by atoms with Crippen molar-refractivity contribution in [1.82, 2.24) is 14.8 Å². The Morgan fingerprint density at radius 3 is 2.97 bits per heavy atom. The molecule has 5 nitrogen and oxygen atoms in total. The monoisotopic (exact) mass is 428 g/mol. The molecule has 29 heavy (non-hydrogen) atoms. The summed E-state index contributed by atoms with van der Waals surface area (Å²) in [7, 11) is 0. The highest BCUT2D eigenvalue weighted by Gasteiger charge is 2.22. The van der Waals surface area contributed by atoms with E-state index in [0.29, 0.717) is 11.7 Å². The highest BCUT2D eigenvalue weighted by atomic mass is 32.2. The number of benzene rings is 1. The number of amides is 1. The second-order valence-corrected chi connectivity index (χ2v) is 8.69. The van der Waals surface area contributed by atoms with Gasteiger partial charge in [0.05, 0.1) is 11.4 Å². The van der Waals surface area contributed by atoms with Crippen LogP contribution in [-0.2, 0) is 24.2 Å². The van der Waals surface area contributed by atoms with Gasteiger partial charge in [-0.3, -0.25) is 9.36 Å². The van der Waals surface area contributed by atoms with E-state index in [1.165, 1.54) is 47.2 Å². The standard InChI is InChI=1S/C21H21FN4OS2/c1-2-11-26-20(15-12-28-18-10-6-3-7-14(15)18)24-25-21(26)29-13-19(27)23-17-9-5-4-8-16(17)22/h2,4-5,8-9,12H,1,3,6-7,10-11,13H2,(H,23,27). The van der Waals surface area contributed by atoms with Gasteiger partial charge in [0, 0.05) is 22.4 Å². The number of halogens is 1. The van der Waals surface area contributed by atoms with Gasteiger partial charge in [-0.1, -0.05) is 30.0 Å². The molecule has 1 aliphatic rings. The first-order valence-corrected chi connectivity index (χ1v) is 11.3. The van der Waals surface area contributed by atoms with Gasteiger partial charge in [-0.05, 0) is 43.4 Å². The zero-order chi connectivity index (χ0) is 20.2. The van der Waals surface area contributed by atoms with E-state index in [9.17, 15) is 9.18 Å². The quantitative estimate of drug-likeness (QED) is 0.428. The second-order valence-electron chi connectivity index (χ2n) is 6.78. The number of carbonyl (C=O) groups is 1. The topological polar surface area (TPSA) is 59.8 Å². The van der Waals surface area contributed by atoms with Crippen molar-refractivity contribution in [3.8, 4) is 11.4 Å². The molecule has 0 unspecified atom stereocenters. The summed E-state index contributed by atoms with van der Waals surface area (Å²) in [4.78, 5) is 13.7. The predicted molar refractivity (Wildman–Crippen MR) is 116 cm³/mol. The van der Waals surface area contributed by atoms with Crippen molar-refractivity contribution in [3.05, 3.63) is 58.6 Å². The first-order valence-electron chi connectivity index (χ1n) is 9.48. The number of thioether (sulfide) groups is 1. The maximum Gasteiger partial charge on any atom is 0.234 e. The molecule has 1 amide bonds. The molecule has 0 fully saturated rings. The third-order valence-corrected chi connectivity index (χ3v) is 6.87. The van der Waals surface area contributed by atoms with Crippen molar-refractivity contribution >= 4 is 34.7 Å². The number of anilines is 1. The van der Waals surface area contributed by atoms with Gasteiger partial charge in [0.25, 0.3) is 0 Å². The molecule has 0 radical (unpaired) electrons. The fraction of sp³-hybridized carbons (Fsp3) is 0.286. The van der Waals surface area contributed by atoms with E-state index in [4.69, 9.17) is 0 Å². The molecule has 1 N–H and O–H groups in total. The summed E-state index contributed by atoms with van der Waals surface area (Å²) in [5.41, 5.74) is 2.70. The van der Waals surface area contributed by atoms with Gasteiger partial charge in [-0.15, -0.1) is 28.1 Å². The summed E-state index contributed by atoms with van der Waals surface area (Å²) in [5.74, 6) is 0.194. The third kappa shape index (κ3) is 4.28. The van der Waals surface area contributed by atoms with Crippen LogP contribution in [0.5, 0.6) is 0 Å². The Labute approximate surface area is 177 Å². The van der Waals surface area contributed by atoms with Crippen molar-refractivity contribution in [2.75, 3.05) is 11.1 Å². The molecule has 0 saturated carbocycles. The van der Waals surface area contributed by atoms with Gasteiger partial charge < -0.3 is 5.32 Å². The lowest BCUT2D eigenvalue weighted by Gasteiger charge is -2.13. The normalized spacial score (nSPS) is 13.1. The number of fused-ring (bicyclic) bond motifs is 1. The average Bonchev–Trinajstić information content (AvgIpc) is 3.32. The number of rotatable bonds is 7.